The first kappa shape index (κ1) is 23.1. The minimum Gasteiger partial charge on any atom is -0.372 e. The van der Waals surface area contributed by atoms with Gasteiger partial charge in [-0.15, -0.1) is 0 Å². The zero-order chi connectivity index (χ0) is 23.3. The molecule has 0 atom stereocenters. The Morgan fingerprint density at radius 1 is 0.750 bits per heavy atom. The van der Waals surface area contributed by atoms with Crippen LogP contribution < -0.4 is 20.0 Å². The molecule has 2 aromatic carbocycles. The molecule has 0 unspecified atom stereocenters. The van der Waals surface area contributed by atoms with Crippen LogP contribution in [0.1, 0.15) is 33.3 Å². The summed E-state index contributed by atoms with van der Waals surface area (Å²) < 4.78 is 0. The number of nitrogens with zero attached hydrogens (tertiary/aromatic N) is 3. The number of carbonyl (C=O) groups excluding carboxylic acids is 3. The third-order valence-corrected chi connectivity index (χ3v) is 5.67. The lowest BCUT2D eigenvalue weighted by molar-refractivity contribution is -0.122. The maximum absolute atomic E-state index is 13.1. The van der Waals surface area contributed by atoms with Gasteiger partial charge in [-0.2, -0.15) is 0 Å². The van der Waals surface area contributed by atoms with Gasteiger partial charge in [0.1, 0.15) is 5.57 Å². The van der Waals surface area contributed by atoms with E-state index in [1.807, 2.05) is 36.4 Å². The molecule has 0 saturated carbocycles. The van der Waals surface area contributed by atoms with Gasteiger partial charge in [-0.25, -0.2) is 9.69 Å². The summed E-state index contributed by atoms with van der Waals surface area (Å²) >= 11 is 0. The monoisotopic (exact) mass is 434 g/mol. The van der Waals surface area contributed by atoms with Crippen LogP contribution in [-0.2, 0) is 9.59 Å². The highest BCUT2D eigenvalue weighted by atomic mass is 16.2. The molecule has 1 N–H and O–H groups in total. The van der Waals surface area contributed by atoms with Crippen molar-refractivity contribution < 1.29 is 14.4 Å². The molecule has 1 aliphatic heterocycles. The van der Waals surface area contributed by atoms with E-state index in [1.54, 1.807) is 12.1 Å². The number of urea groups is 1. The number of amides is 4. The average molecular weight is 435 g/mol. The molecule has 3 rings (SSSR count). The molecule has 1 heterocycles. The van der Waals surface area contributed by atoms with Gasteiger partial charge in [0, 0.05) is 37.6 Å². The van der Waals surface area contributed by atoms with E-state index in [1.165, 1.54) is 6.08 Å². The van der Waals surface area contributed by atoms with E-state index in [2.05, 4.69) is 42.8 Å². The first-order chi connectivity index (χ1) is 15.4. The number of hydrogen-bond acceptors (Lipinski definition) is 5. The summed E-state index contributed by atoms with van der Waals surface area (Å²) in [5.74, 6) is -1.33. The Morgan fingerprint density at radius 3 is 1.69 bits per heavy atom. The van der Waals surface area contributed by atoms with E-state index >= 15 is 0 Å². The van der Waals surface area contributed by atoms with Gasteiger partial charge in [0.25, 0.3) is 11.8 Å². The van der Waals surface area contributed by atoms with Crippen molar-refractivity contribution in [3.63, 3.8) is 0 Å². The smallest absolute Gasteiger partial charge is 0.335 e. The largest absolute Gasteiger partial charge is 0.372 e. The number of hydrogen-bond donors (Lipinski definition) is 1. The highest BCUT2D eigenvalue weighted by Gasteiger charge is 2.36. The maximum Gasteiger partial charge on any atom is 0.335 e. The Hall–Kier alpha value is -3.61. The van der Waals surface area contributed by atoms with E-state index < -0.39 is 17.8 Å². The molecular formula is C25H30N4O3. The Labute approximate surface area is 189 Å². The van der Waals surface area contributed by atoms with Gasteiger partial charge in [0.15, 0.2) is 0 Å². The van der Waals surface area contributed by atoms with Gasteiger partial charge in [-0.05, 0) is 75.7 Å². The van der Waals surface area contributed by atoms with Crippen LogP contribution in [0.5, 0.6) is 0 Å². The Morgan fingerprint density at radius 2 is 1.22 bits per heavy atom. The molecule has 1 fully saturated rings. The first-order valence-corrected chi connectivity index (χ1v) is 11.0. The van der Waals surface area contributed by atoms with Crippen molar-refractivity contribution in [3.05, 3.63) is 59.7 Å². The molecule has 32 heavy (non-hydrogen) atoms. The molecule has 0 radical (unpaired) electrons. The summed E-state index contributed by atoms with van der Waals surface area (Å²) in [6.45, 7) is 11.8. The van der Waals surface area contributed by atoms with Crippen molar-refractivity contribution in [1.29, 1.82) is 0 Å². The molecule has 168 valence electrons. The number of imide groups is 2. The molecule has 1 aliphatic rings. The second kappa shape index (κ2) is 10.1. The lowest BCUT2D eigenvalue weighted by atomic mass is 10.1. The lowest BCUT2D eigenvalue weighted by Gasteiger charge is -2.27. The highest BCUT2D eigenvalue weighted by Crippen LogP contribution is 2.25. The number of barbiturate groups is 1. The fraction of sp³-hybridized carbons (Fsp3) is 0.320. The van der Waals surface area contributed by atoms with Gasteiger partial charge in [-0.3, -0.25) is 14.9 Å². The molecule has 2 aromatic rings. The molecule has 0 aromatic heterocycles. The second-order valence-electron chi connectivity index (χ2n) is 7.41. The lowest BCUT2D eigenvalue weighted by Crippen LogP contribution is -2.54. The molecule has 0 bridgehead atoms. The minimum absolute atomic E-state index is 0.0759. The maximum atomic E-state index is 13.1. The van der Waals surface area contributed by atoms with Crippen molar-refractivity contribution >= 4 is 41.0 Å². The SMILES string of the molecule is CCN(CC)c1ccc(C=C2C(=O)NC(=O)N(c3ccc(N(CC)CC)cc3)C2=O)cc1. The average Bonchev–Trinajstić information content (AvgIpc) is 2.80. The molecule has 0 aliphatic carbocycles. The summed E-state index contributed by atoms with van der Waals surface area (Å²) in [6, 6.07) is 14.1. The zero-order valence-electron chi connectivity index (χ0n) is 19.1. The molecule has 7 nitrogen and oxygen atoms in total. The number of rotatable bonds is 8. The zero-order valence-corrected chi connectivity index (χ0v) is 19.1. The van der Waals surface area contributed by atoms with Crippen molar-refractivity contribution in [2.45, 2.75) is 27.7 Å². The van der Waals surface area contributed by atoms with E-state index in [4.69, 9.17) is 0 Å². The number of carbonyl (C=O) groups is 3. The van der Waals surface area contributed by atoms with Gasteiger partial charge >= 0.3 is 6.03 Å². The quantitative estimate of drug-likeness (QED) is 0.501. The second-order valence-corrected chi connectivity index (χ2v) is 7.41. The third kappa shape index (κ3) is 4.66. The van der Waals surface area contributed by atoms with Crippen LogP contribution in [0, 0.1) is 0 Å². The van der Waals surface area contributed by atoms with Crippen LogP contribution >= 0.6 is 0 Å². The predicted molar refractivity (Wildman–Crippen MR) is 129 cm³/mol. The Bertz CT molecular complexity index is 1000. The van der Waals surface area contributed by atoms with Crippen molar-refractivity contribution in [2.24, 2.45) is 0 Å². The fourth-order valence-corrected chi connectivity index (χ4v) is 3.83. The summed E-state index contributed by atoms with van der Waals surface area (Å²) in [5.41, 5.74) is 3.13. The Balaban J connectivity index is 1.88. The van der Waals surface area contributed by atoms with Crippen LogP contribution in [0.2, 0.25) is 0 Å². The van der Waals surface area contributed by atoms with E-state index in [-0.39, 0.29) is 5.57 Å². The van der Waals surface area contributed by atoms with Crippen molar-refractivity contribution in [3.8, 4) is 0 Å². The fourth-order valence-electron chi connectivity index (χ4n) is 3.83. The predicted octanol–water partition coefficient (Wildman–Crippen LogP) is 4.05. The summed E-state index contributed by atoms with van der Waals surface area (Å²) in [7, 11) is 0. The minimum atomic E-state index is -0.746. The first-order valence-electron chi connectivity index (χ1n) is 11.0. The van der Waals surface area contributed by atoms with Gasteiger partial charge in [0.05, 0.1) is 5.69 Å². The van der Waals surface area contributed by atoms with E-state index in [0.717, 1.165) is 42.5 Å². The normalized spacial score (nSPS) is 15.2. The summed E-state index contributed by atoms with van der Waals surface area (Å²) in [6.07, 6.45) is 1.52. The summed E-state index contributed by atoms with van der Waals surface area (Å²) in [4.78, 5) is 43.4. The Kier molecular flexibility index (Phi) is 7.30. The topological polar surface area (TPSA) is 73.0 Å². The highest BCUT2D eigenvalue weighted by molar-refractivity contribution is 6.39. The molecular weight excluding hydrogens is 404 g/mol. The third-order valence-electron chi connectivity index (χ3n) is 5.67. The van der Waals surface area contributed by atoms with Crippen LogP contribution in [0.25, 0.3) is 6.08 Å². The molecule has 7 heteroatoms. The van der Waals surface area contributed by atoms with Crippen molar-refractivity contribution in [1.82, 2.24) is 5.32 Å². The number of nitrogens with one attached hydrogen (secondary N) is 1. The van der Waals surface area contributed by atoms with Crippen LogP contribution in [0.3, 0.4) is 0 Å². The molecule has 1 saturated heterocycles. The van der Waals surface area contributed by atoms with Gasteiger partial charge < -0.3 is 9.80 Å². The number of benzene rings is 2. The van der Waals surface area contributed by atoms with Crippen molar-refractivity contribution in [2.75, 3.05) is 40.9 Å². The van der Waals surface area contributed by atoms with E-state index in [0.29, 0.717) is 11.3 Å². The summed E-state index contributed by atoms with van der Waals surface area (Å²) in [5, 5.41) is 2.28. The van der Waals surface area contributed by atoms with Gasteiger partial charge in [-0.1, -0.05) is 12.1 Å². The number of anilines is 3. The molecule has 4 amide bonds. The van der Waals surface area contributed by atoms with Crippen LogP contribution in [-0.4, -0.2) is 44.0 Å². The van der Waals surface area contributed by atoms with E-state index in [9.17, 15) is 14.4 Å². The van der Waals surface area contributed by atoms with Gasteiger partial charge in [0.2, 0.25) is 0 Å². The van der Waals surface area contributed by atoms with Crippen LogP contribution in [0.15, 0.2) is 54.1 Å². The molecule has 0 spiro atoms. The standard InChI is InChI=1S/C25H30N4O3/c1-5-27(6-2)19-11-9-18(10-12-19)17-22-23(30)26-25(32)29(24(22)31)21-15-13-20(14-16-21)28(7-3)8-4/h9-17H,5-8H2,1-4H3,(H,26,30,32). The van der Waals surface area contributed by atoms with Crippen LogP contribution in [0.4, 0.5) is 21.9 Å².